The molecule has 0 aromatic carbocycles. The molecule has 0 aliphatic rings. The number of carbonyl (C=O) groups is 6. The molecule has 0 heterocycles. The lowest BCUT2D eigenvalue weighted by atomic mass is 9.97. The highest BCUT2D eigenvalue weighted by molar-refractivity contribution is 5.96. The van der Waals surface area contributed by atoms with Crippen LogP contribution < -0.4 is 21.7 Å². The standard InChI is InChI=1S/C20H34N4O9/c1-5-10(4)16(20(32)33)24-19(31)12(6-9(2)3)23-18(30)13(8-15(27)28)22-17(29)11(21)7-14(25)26/h9-13,16H,5-8,21H2,1-4H3,(H,22,29)(H,23,30)(H,24,31)(H,25,26)(H,27,28)(H,32,33). The Hall–Kier alpha value is -3.22. The predicted molar refractivity (Wildman–Crippen MR) is 115 cm³/mol. The van der Waals surface area contributed by atoms with Crippen LogP contribution in [-0.4, -0.2) is 75.1 Å². The molecule has 0 bridgehead atoms. The van der Waals surface area contributed by atoms with E-state index in [9.17, 15) is 33.9 Å². The van der Waals surface area contributed by atoms with Gasteiger partial charge in [0.25, 0.3) is 0 Å². The van der Waals surface area contributed by atoms with E-state index in [4.69, 9.17) is 15.9 Å². The molecule has 5 atom stereocenters. The molecule has 0 spiro atoms. The lowest BCUT2D eigenvalue weighted by Crippen LogP contribution is -2.58. The summed E-state index contributed by atoms with van der Waals surface area (Å²) in [5, 5.41) is 34.1. The van der Waals surface area contributed by atoms with Crippen molar-refractivity contribution in [3.05, 3.63) is 0 Å². The fraction of sp³-hybridized carbons (Fsp3) is 0.700. The lowest BCUT2D eigenvalue weighted by molar-refractivity contribution is -0.144. The molecule has 0 rings (SSSR count). The average molecular weight is 475 g/mol. The maximum absolute atomic E-state index is 12.8. The number of amides is 3. The monoisotopic (exact) mass is 474 g/mol. The summed E-state index contributed by atoms with van der Waals surface area (Å²) in [5.74, 6) is -7.37. The van der Waals surface area contributed by atoms with Crippen LogP contribution in [0.2, 0.25) is 0 Å². The van der Waals surface area contributed by atoms with E-state index < -0.39 is 78.6 Å². The summed E-state index contributed by atoms with van der Waals surface area (Å²) >= 11 is 0. The molecule has 33 heavy (non-hydrogen) atoms. The molecule has 0 aromatic heterocycles. The molecule has 13 heteroatoms. The molecule has 3 amide bonds. The van der Waals surface area contributed by atoms with E-state index in [1.807, 2.05) is 0 Å². The maximum Gasteiger partial charge on any atom is 0.326 e. The zero-order chi connectivity index (χ0) is 25.9. The van der Waals surface area contributed by atoms with E-state index in [0.717, 1.165) is 0 Å². The number of hydrogen-bond acceptors (Lipinski definition) is 7. The van der Waals surface area contributed by atoms with Crippen molar-refractivity contribution >= 4 is 35.6 Å². The maximum atomic E-state index is 12.8. The Labute approximate surface area is 191 Å². The molecule has 0 fully saturated rings. The molecule has 0 aliphatic heterocycles. The molecular formula is C20H34N4O9. The van der Waals surface area contributed by atoms with Gasteiger partial charge < -0.3 is 37.0 Å². The van der Waals surface area contributed by atoms with Gasteiger partial charge in [-0.1, -0.05) is 34.1 Å². The fourth-order valence-corrected chi connectivity index (χ4v) is 2.86. The van der Waals surface area contributed by atoms with Crippen LogP contribution in [0.1, 0.15) is 53.4 Å². The summed E-state index contributed by atoms with van der Waals surface area (Å²) in [6.45, 7) is 6.93. The minimum Gasteiger partial charge on any atom is -0.481 e. The molecule has 0 saturated carbocycles. The van der Waals surface area contributed by atoms with Gasteiger partial charge in [0.15, 0.2) is 0 Å². The van der Waals surface area contributed by atoms with Crippen molar-refractivity contribution < 1.29 is 44.1 Å². The number of carbonyl (C=O) groups excluding carboxylic acids is 3. The Balaban J connectivity index is 5.58. The lowest BCUT2D eigenvalue weighted by Gasteiger charge is -2.27. The Bertz CT molecular complexity index is 741. The topological polar surface area (TPSA) is 225 Å². The van der Waals surface area contributed by atoms with Crippen LogP contribution >= 0.6 is 0 Å². The minimum absolute atomic E-state index is 0.107. The number of aliphatic carboxylic acids is 3. The first-order valence-corrected chi connectivity index (χ1v) is 10.5. The fourth-order valence-electron chi connectivity index (χ4n) is 2.86. The van der Waals surface area contributed by atoms with Crippen molar-refractivity contribution in [2.45, 2.75) is 77.5 Å². The SMILES string of the molecule is CCC(C)C(NC(=O)C(CC(C)C)NC(=O)C(CC(=O)O)NC(=O)C(N)CC(=O)O)C(=O)O. The molecule has 0 aliphatic carbocycles. The van der Waals surface area contributed by atoms with Crippen molar-refractivity contribution in [3.8, 4) is 0 Å². The highest BCUT2D eigenvalue weighted by Crippen LogP contribution is 2.11. The van der Waals surface area contributed by atoms with Crippen LogP contribution in [0.4, 0.5) is 0 Å². The van der Waals surface area contributed by atoms with Crippen molar-refractivity contribution in [2.75, 3.05) is 0 Å². The van der Waals surface area contributed by atoms with Crippen LogP contribution in [0.15, 0.2) is 0 Å². The molecule has 0 aromatic rings. The molecule has 13 nitrogen and oxygen atoms in total. The second-order valence-corrected chi connectivity index (χ2v) is 8.26. The molecule has 5 unspecified atom stereocenters. The van der Waals surface area contributed by atoms with Crippen LogP contribution in [0, 0.1) is 11.8 Å². The van der Waals surface area contributed by atoms with E-state index in [-0.39, 0.29) is 12.3 Å². The van der Waals surface area contributed by atoms with Crippen LogP contribution in [0.5, 0.6) is 0 Å². The van der Waals surface area contributed by atoms with Crippen molar-refractivity contribution in [3.63, 3.8) is 0 Å². The van der Waals surface area contributed by atoms with Gasteiger partial charge in [0, 0.05) is 0 Å². The third-order valence-corrected chi connectivity index (χ3v) is 4.86. The van der Waals surface area contributed by atoms with Gasteiger partial charge in [0.2, 0.25) is 17.7 Å². The van der Waals surface area contributed by atoms with E-state index in [2.05, 4.69) is 16.0 Å². The van der Waals surface area contributed by atoms with Crippen molar-refractivity contribution in [1.82, 2.24) is 16.0 Å². The molecule has 188 valence electrons. The quantitative estimate of drug-likeness (QED) is 0.151. The van der Waals surface area contributed by atoms with Gasteiger partial charge in [-0.25, -0.2) is 4.79 Å². The van der Waals surface area contributed by atoms with Gasteiger partial charge in [0.05, 0.1) is 18.9 Å². The summed E-state index contributed by atoms with van der Waals surface area (Å²) < 4.78 is 0. The zero-order valence-electron chi connectivity index (χ0n) is 19.2. The largest absolute Gasteiger partial charge is 0.481 e. The Kier molecular flexibility index (Phi) is 12.7. The first-order chi connectivity index (χ1) is 15.2. The molecule has 8 N–H and O–H groups in total. The summed E-state index contributed by atoms with van der Waals surface area (Å²) in [7, 11) is 0. The van der Waals surface area contributed by atoms with E-state index >= 15 is 0 Å². The number of nitrogens with two attached hydrogens (primary N) is 1. The van der Waals surface area contributed by atoms with Crippen LogP contribution in [-0.2, 0) is 28.8 Å². The van der Waals surface area contributed by atoms with Crippen molar-refractivity contribution in [1.29, 1.82) is 0 Å². The van der Waals surface area contributed by atoms with Gasteiger partial charge in [-0.3, -0.25) is 24.0 Å². The Morgan fingerprint density at radius 3 is 1.67 bits per heavy atom. The normalized spacial score (nSPS) is 15.5. The smallest absolute Gasteiger partial charge is 0.326 e. The Morgan fingerprint density at radius 2 is 1.24 bits per heavy atom. The third kappa shape index (κ3) is 11.3. The van der Waals surface area contributed by atoms with Gasteiger partial charge in [-0.05, 0) is 18.3 Å². The number of rotatable bonds is 15. The highest BCUT2D eigenvalue weighted by Gasteiger charge is 2.33. The van der Waals surface area contributed by atoms with E-state index in [1.54, 1.807) is 27.7 Å². The molecule has 0 saturated heterocycles. The van der Waals surface area contributed by atoms with E-state index in [0.29, 0.717) is 6.42 Å². The number of hydrogen-bond donors (Lipinski definition) is 7. The highest BCUT2D eigenvalue weighted by atomic mass is 16.4. The first-order valence-electron chi connectivity index (χ1n) is 10.5. The number of carboxylic acid groups (broad SMARTS) is 3. The van der Waals surface area contributed by atoms with Crippen molar-refractivity contribution in [2.24, 2.45) is 17.6 Å². The number of nitrogens with one attached hydrogen (secondary N) is 3. The predicted octanol–water partition coefficient (Wildman–Crippen LogP) is -1.11. The molecular weight excluding hydrogens is 440 g/mol. The summed E-state index contributed by atoms with van der Waals surface area (Å²) in [6.07, 6.45) is -1.01. The second-order valence-electron chi connectivity index (χ2n) is 8.26. The van der Waals surface area contributed by atoms with Gasteiger partial charge in [-0.2, -0.15) is 0 Å². The third-order valence-electron chi connectivity index (χ3n) is 4.86. The van der Waals surface area contributed by atoms with Gasteiger partial charge in [-0.15, -0.1) is 0 Å². The second kappa shape index (κ2) is 14.0. The summed E-state index contributed by atoms with van der Waals surface area (Å²) in [6, 6.07) is -5.56. The van der Waals surface area contributed by atoms with Crippen LogP contribution in [0.25, 0.3) is 0 Å². The zero-order valence-corrected chi connectivity index (χ0v) is 19.2. The van der Waals surface area contributed by atoms with Crippen LogP contribution in [0.3, 0.4) is 0 Å². The van der Waals surface area contributed by atoms with Gasteiger partial charge in [0.1, 0.15) is 18.1 Å². The number of carboxylic acids is 3. The average Bonchev–Trinajstić information content (AvgIpc) is 2.68. The van der Waals surface area contributed by atoms with Gasteiger partial charge >= 0.3 is 17.9 Å². The Morgan fingerprint density at radius 1 is 0.758 bits per heavy atom. The minimum atomic E-state index is -1.64. The molecule has 0 radical (unpaired) electrons. The van der Waals surface area contributed by atoms with E-state index in [1.165, 1.54) is 0 Å². The summed E-state index contributed by atoms with van der Waals surface area (Å²) in [5.41, 5.74) is 5.45. The first kappa shape index (κ1) is 29.8. The summed E-state index contributed by atoms with van der Waals surface area (Å²) in [4.78, 5) is 71.0.